The molecule has 37 heavy (non-hydrogen) atoms. The van der Waals surface area contributed by atoms with E-state index in [9.17, 15) is 27.6 Å². The van der Waals surface area contributed by atoms with E-state index in [4.69, 9.17) is 4.74 Å². The van der Waals surface area contributed by atoms with E-state index in [1.807, 2.05) is 12.1 Å². The molecule has 0 radical (unpaired) electrons. The molecule has 9 nitrogen and oxygen atoms in total. The number of nitrogens with one attached hydrogen (secondary N) is 3. The number of para-hydroxylation sites is 1. The fraction of sp³-hybridized carbons (Fsp3) is 0.375. The molecule has 0 bridgehead atoms. The van der Waals surface area contributed by atoms with Crippen molar-refractivity contribution < 1.29 is 32.3 Å². The van der Waals surface area contributed by atoms with Crippen LogP contribution in [-0.2, 0) is 15.8 Å². The number of nitrogens with zero attached hydrogens (tertiary/aromatic N) is 2. The summed E-state index contributed by atoms with van der Waals surface area (Å²) in [6, 6.07) is 11.4. The van der Waals surface area contributed by atoms with E-state index < -0.39 is 53.2 Å². The van der Waals surface area contributed by atoms with Crippen molar-refractivity contribution in [1.29, 1.82) is 0 Å². The number of urea groups is 1. The number of halogens is 3. The van der Waals surface area contributed by atoms with Gasteiger partial charge in [-0.05, 0) is 29.8 Å². The van der Waals surface area contributed by atoms with Crippen LogP contribution in [0.3, 0.4) is 0 Å². The molecule has 198 valence electrons. The van der Waals surface area contributed by atoms with Gasteiger partial charge in [0.1, 0.15) is 5.75 Å². The van der Waals surface area contributed by atoms with E-state index in [-0.39, 0.29) is 11.4 Å². The maximum absolute atomic E-state index is 13.3. The Hall–Kier alpha value is -3.29. The first kappa shape index (κ1) is 26.8. The van der Waals surface area contributed by atoms with E-state index in [1.165, 1.54) is 30.1 Å². The molecule has 4 atom stereocenters. The maximum atomic E-state index is 13.3. The van der Waals surface area contributed by atoms with Crippen molar-refractivity contribution in [3.05, 3.63) is 59.7 Å². The van der Waals surface area contributed by atoms with Gasteiger partial charge in [-0.1, -0.05) is 24.3 Å². The van der Waals surface area contributed by atoms with E-state index in [0.29, 0.717) is 5.75 Å². The first-order chi connectivity index (χ1) is 17.5. The highest BCUT2D eigenvalue weighted by molar-refractivity contribution is 8.00. The molecule has 13 heteroatoms. The lowest BCUT2D eigenvalue weighted by Gasteiger charge is -2.50. The molecule has 4 amide bonds. The van der Waals surface area contributed by atoms with Gasteiger partial charge in [0.15, 0.2) is 0 Å². The zero-order valence-corrected chi connectivity index (χ0v) is 21.0. The summed E-state index contributed by atoms with van der Waals surface area (Å²) in [4.78, 5) is 40.8. The molecule has 3 N–H and O–H groups in total. The van der Waals surface area contributed by atoms with Gasteiger partial charge in [-0.25, -0.2) is 4.79 Å². The smallest absolute Gasteiger partial charge is 0.418 e. The summed E-state index contributed by atoms with van der Waals surface area (Å²) in [6.45, 7) is 0. The molecule has 0 aromatic heterocycles. The fourth-order valence-electron chi connectivity index (χ4n) is 4.38. The van der Waals surface area contributed by atoms with E-state index in [0.717, 1.165) is 28.3 Å². The molecule has 0 saturated carbocycles. The van der Waals surface area contributed by atoms with Crippen molar-refractivity contribution in [1.82, 2.24) is 20.4 Å². The molecular formula is C24H26F3N5O4S. The quantitative estimate of drug-likeness (QED) is 0.521. The highest BCUT2D eigenvalue weighted by atomic mass is 32.2. The Morgan fingerprint density at radius 2 is 1.76 bits per heavy atom. The highest BCUT2D eigenvalue weighted by Gasteiger charge is 2.51. The third-order valence-corrected chi connectivity index (χ3v) is 7.52. The predicted octanol–water partition coefficient (Wildman–Crippen LogP) is 3.07. The van der Waals surface area contributed by atoms with Crippen molar-refractivity contribution >= 4 is 35.3 Å². The maximum Gasteiger partial charge on any atom is 0.418 e. The number of carbonyl (C=O) groups excluding carboxylic acids is 3. The molecule has 2 aliphatic heterocycles. The normalized spacial score (nSPS) is 24.1. The zero-order chi connectivity index (χ0) is 26.9. The predicted molar refractivity (Wildman–Crippen MR) is 132 cm³/mol. The summed E-state index contributed by atoms with van der Waals surface area (Å²) in [6.07, 6.45) is -5.77. The second-order valence-electron chi connectivity index (χ2n) is 8.62. The number of hydrogen-bond donors (Lipinski definition) is 3. The molecule has 4 rings (SSSR count). The van der Waals surface area contributed by atoms with Crippen molar-refractivity contribution in [2.24, 2.45) is 5.92 Å². The first-order valence-corrected chi connectivity index (χ1v) is 12.3. The Bertz CT molecular complexity index is 1180. The van der Waals surface area contributed by atoms with Crippen molar-refractivity contribution in [2.45, 2.75) is 23.9 Å². The Morgan fingerprint density at radius 1 is 1.08 bits per heavy atom. The van der Waals surface area contributed by atoms with Gasteiger partial charge in [-0.15, -0.1) is 11.8 Å². The van der Waals surface area contributed by atoms with Crippen molar-refractivity contribution in [3.8, 4) is 5.75 Å². The highest BCUT2D eigenvalue weighted by Crippen LogP contribution is 2.36. The first-order valence-electron chi connectivity index (χ1n) is 11.3. The Kier molecular flexibility index (Phi) is 7.67. The molecule has 2 aliphatic rings. The average molecular weight is 538 g/mol. The number of anilines is 1. The van der Waals surface area contributed by atoms with Gasteiger partial charge in [0.2, 0.25) is 11.8 Å². The standard InChI is InChI=1S/C24H26F3N5O4S/c1-31-20-18(22(34)32(2)23(31)35)21(30-19(29-20)13-8-10-14(36-3)11-9-13)37-12-17(33)28-16-7-5-4-6-15(16)24(25,26)27/h4-11,18-21,29-30H,12H2,1-3H3,(H,28,33). The number of methoxy groups -OCH3 is 1. The zero-order valence-electron chi connectivity index (χ0n) is 20.2. The summed E-state index contributed by atoms with van der Waals surface area (Å²) in [5, 5.41) is 8.29. The topological polar surface area (TPSA) is 103 Å². The van der Waals surface area contributed by atoms with Crippen LogP contribution in [0.15, 0.2) is 48.5 Å². The number of benzene rings is 2. The summed E-state index contributed by atoms with van der Waals surface area (Å²) in [5.74, 6) is -1.40. The summed E-state index contributed by atoms with van der Waals surface area (Å²) < 4.78 is 45.1. The molecule has 2 saturated heterocycles. The summed E-state index contributed by atoms with van der Waals surface area (Å²) in [5.41, 5.74) is -0.482. The number of carbonyl (C=O) groups is 3. The lowest BCUT2D eigenvalue weighted by molar-refractivity contribution is -0.140. The van der Waals surface area contributed by atoms with Crippen LogP contribution in [0.2, 0.25) is 0 Å². The number of alkyl halides is 3. The third-order valence-electron chi connectivity index (χ3n) is 6.31. The second-order valence-corrected chi connectivity index (χ2v) is 9.75. The number of hydrogen-bond acceptors (Lipinski definition) is 7. The van der Waals surface area contributed by atoms with Gasteiger partial charge in [0, 0.05) is 14.1 Å². The van der Waals surface area contributed by atoms with Gasteiger partial charge in [0.25, 0.3) is 0 Å². The van der Waals surface area contributed by atoms with Crippen LogP contribution in [0.1, 0.15) is 17.3 Å². The minimum Gasteiger partial charge on any atom is -0.497 e. The van der Waals surface area contributed by atoms with Gasteiger partial charge in [-0.3, -0.25) is 25.1 Å². The van der Waals surface area contributed by atoms with Crippen LogP contribution in [0, 0.1) is 5.92 Å². The van der Waals surface area contributed by atoms with Gasteiger partial charge < -0.3 is 15.0 Å². The van der Waals surface area contributed by atoms with Crippen LogP contribution >= 0.6 is 11.8 Å². The Morgan fingerprint density at radius 3 is 2.41 bits per heavy atom. The fourth-order valence-corrected chi connectivity index (χ4v) is 5.49. The van der Waals surface area contributed by atoms with Gasteiger partial charge >= 0.3 is 12.2 Å². The largest absolute Gasteiger partial charge is 0.497 e. The van der Waals surface area contributed by atoms with Crippen molar-refractivity contribution in [2.75, 3.05) is 32.3 Å². The third kappa shape index (κ3) is 5.53. The summed E-state index contributed by atoms with van der Waals surface area (Å²) in [7, 11) is 4.51. The molecular weight excluding hydrogens is 511 g/mol. The molecule has 2 heterocycles. The molecule has 0 aliphatic carbocycles. The van der Waals surface area contributed by atoms with Gasteiger partial charge in [0.05, 0.1) is 47.7 Å². The van der Waals surface area contributed by atoms with E-state index in [2.05, 4.69) is 16.0 Å². The van der Waals surface area contributed by atoms with Crippen LogP contribution in [0.25, 0.3) is 0 Å². The van der Waals surface area contributed by atoms with Gasteiger partial charge in [-0.2, -0.15) is 13.2 Å². The second kappa shape index (κ2) is 10.6. The lowest BCUT2D eigenvalue weighted by Crippen LogP contribution is -2.72. The number of amides is 4. The number of imide groups is 1. The van der Waals surface area contributed by atoms with E-state index in [1.54, 1.807) is 26.3 Å². The molecule has 4 unspecified atom stereocenters. The molecule has 2 aromatic carbocycles. The number of rotatable bonds is 6. The number of fused-ring (bicyclic) bond motifs is 1. The lowest BCUT2D eigenvalue weighted by atomic mass is 9.96. The summed E-state index contributed by atoms with van der Waals surface area (Å²) >= 11 is 1.08. The average Bonchev–Trinajstić information content (AvgIpc) is 2.88. The van der Waals surface area contributed by atoms with Crippen LogP contribution in [-0.4, -0.2) is 66.1 Å². The minimum absolute atomic E-state index is 0.225. The van der Waals surface area contributed by atoms with Crippen LogP contribution in [0.5, 0.6) is 5.75 Å². The monoisotopic (exact) mass is 537 g/mol. The Labute approximate surface area is 215 Å². The minimum atomic E-state index is -4.62. The molecule has 2 aromatic rings. The molecule has 2 fully saturated rings. The molecule has 0 spiro atoms. The SMILES string of the molecule is COc1ccc(C2NC(SCC(=O)Nc3ccccc3C(F)(F)F)C3C(=O)N(C)C(=O)N(C)C3N2)cc1. The van der Waals surface area contributed by atoms with Crippen LogP contribution in [0.4, 0.5) is 23.7 Å². The van der Waals surface area contributed by atoms with Crippen LogP contribution < -0.4 is 20.7 Å². The van der Waals surface area contributed by atoms with E-state index >= 15 is 0 Å². The number of thioether (sulfide) groups is 1. The Balaban J connectivity index is 1.54. The number of ether oxygens (including phenoxy) is 1. The van der Waals surface area contributed by atoms with Crippen molar-refractivity contribution in [3.63, 3.8) is 0 Å².